The molecule has 0 saturated heterocycles. The van der Waals surface area contributed by atoms with Crippen LogP contribution in [0.5, 0.6) is 11.5 Å². The molecule has 0 spiro atoms. The number of hydrogen-bond acceptors (Lipinski definition) is 4. The lowest BCUT2D eigenvalue weighted by molar-refractivity contribution is -0.126. The fourth-order valence-electron chi connectivity index (χ4n) is 3.35. The molecule has 0 saturated carbocycles. The van der Waals surface area contributed by atoms with E-state index in [1.165, 1.54) is 0 Å². The molecule has 0 aliphatic carbocycles. The third-order valence-electron chi connectivity index (χ3n) is 4.68. The van der Waals surface area contributed by atoms with Gasteiger partial charge >= 0.3 is 0 Å². The summed E-state index contributed by atoms with van der Waals surface area (Å²) in [6.45, 7) is 2.77. The van der Waals surface area contributed by atoms with Gasteiger partial charge in [0, 0.05) is 6.54 Å². The Morgan fingerprint density at radius 3 is 3.12 bits per heavy atom. The lowest BCUT2D eigenvalue weighted by Crippen LogP contribution is -2.37. The molecule has 3 aromatic rings. The van der Waals surface area contributed by atoms with Gasteiger partial charge < -0.3 is 19.8 Å². The van der Waals surface area contributed by atoms with Crippen LogP contribution in [0.25, 0.3) is 11.0 Å². The van der Waals surface area contributed by atoms with E-state index in [2.05, 4.69) is 15.3 Å². The molecule has 0 bridgehead atoms. The highest BCUT2D eigenvalue weighted by atomic mass is 16.5. The molecule has 6 heteroatoms. The first-order chi connectivity index (χ1) is 12.6. The minimum Gasteiger partial charge on any atom is -0.493 e. The first-order valence-electron chi connectivity index (χ1n) is 8.65. The third-order valence-corrected chi connectivity index (χ3v) is 4.68. The Morgan fingerprint density at radius 1 is 1.38 bits per heavy atom. The maximum atomic E-state index is 12.6. The number of nitrogens with one attached hydrogen (secondary N) is 2. The van der Waals surface area contributed by atoms with Crippen LogP contribution in [-0.4, -0.2) is 29.6 Å². The fraction of sp³-hybridized carbons (Fsp3) is 0.300. The standard InChI is InChI=1S/C20H21N3O3/c1-12-22-16-7-6-13(8-17(16)23-12)10-21-20(24)15-9-14-4-3-5-18(25-2)19(14)26-11-15/h3-8,15H,9-11H2,1-2H3,(H,21,24)(H,22,23)/t15-/m1/s1. The number of nitrogens with zero attached hydrogens (tertiary/aromatic N) is 1. The Balaban J connectivity index is 1.41. The molecule has 1 aliphatic heterocycles. The monoisotopic (exact) mass is 351 g/mol. The van der Waals surface area contributed by atoms with Crippen LogP contribution in [0, 0.1) is 12.8 Å². The molecule has 2 heterocycles. The molecular weight excluding hydrogens is 330 g/mol. The zero-order valence-electron chi connectivity index (χ0n) is 14.8. The molecule has 1 amide bonds. The maximum Gasteiger partial charge on any atom is 0.227 e. The zero-order valence-corrected chi connectivity index (χ0v) is 14.8. The van der Waals surface area contributed by atoms with E-state index in [1.807, 2.05) is 43.3 Å². The number of carbonyl (C=O) groups is 1. The van der Waals surface area contributed by atoms with Crippen LogP contribution >= 0.6 is 0 Å². The predicted octanol–water partition coefficient (Wildman–Crippen LogP) is 2.75. The van der Waals surface area contributed by atoms with Crippen LogP contribution in [0.2, 0.25) is 0 Å². The number of hydrogen-bond donors (Lipinski definition) is 2. The molecule has 134 valence electrons. The number of methoxy groups -OCH3 is 1. The van der Waals surface area contributed by atoms with Crippen molar-refractivity contribution in [2.24, 2.45) is 5.92 Å². The highest BCUT2D eigenvalue weighted by Crippen LogP contribution is 2.36. The van der Waals surface area contributed by atoms with E-state index in [-0.39, 0.29) is 11.8 Å². The largest absolute Gasteiger partial charge is 0.493 e. The summed E-state index contributed by atoms with van der Waals surface area (Å²) in [6, 6.07) is 11.7. The van der Waals surface area contributed by atoms with E-state index < -0.39 is 0 Å². The second-order valence-electron chi connectivity index (χ2n) is 6.55. The quantitative estimate of drug-likeness (QED) is 0.758. The zero-order chi connectivity index (χ0) is 18.1. The third kappa shape index (κ3) is 3.10. The van der Waals surface area contributed by atoms with Crippen molar-refractivity contribution in [3.63, 3.8) is 0 Å². The van der Waals surface area contributed by atoms with Gasteiger partial charge in [0.2, 0.25) is 5.91 Å². The van der Waals surface area contributed by atoms with Crippen molar-refractivity contribution in [1.29, 1.82) is 0 Å². The number of aryl methyl sites for hydroxylation is 1. The SMILES string of the molecule is COc1cccc2c1OC[C@H](C(=O)NCc1ccc3nc(C)[nH]c3c1)C2. The molecule has 1 aromatic heterocycles. The van der Waals surface area contributed by atoms with Gasteiger partial charge in [0.25, 0.3) is 0 Å². The Bertz CT molecular complexity index is 964. The molecule has 4 rings (SSSR count). The summed E-state index contributed by atoms with van der Waals surface area (Å²) in [6.07, 6.45) is 0.650. The minimum absolute atomic E-state index is 0.000594. The van der Waals surface area contributed by atoms with Crippen LogP contribution in [-0.2, 0) is 17.8 Å². The number of benzene rings is 2. The number of carbonyl (C=O) groups excluding carboxylic acids is 1. The van der Waals surface area contributed by atoms with Crippen LogP contribution in [0.15, 0.2) is 36.4 Å². The van der Waals surface area contributed by atoms with E-state index >= 15 is 0 Å². The number of amides is 1. The summed E-state index contributed by atoms with van der Waals surface area (Å²) < 4.78 is 11.1. The first-order valence-corrected chi connectivity index (χ1v) is 8.65. The molecule has 2 N–H and O–H groups in total. The first kappa shape index (κ1) is 16.4. The van der Waals surface area contributed by atoms with Crippen molar-refractivity contribution in [1.82, 2.24) is 15.3 Å². The van der Waals surface area contributed by atoms with E-state index in [4.69, 9.17) is 9.47 Å². The number of ether oxygens (including phenoxy) is 2. The van der Waals surface area contributed by atoms with Gasteiger partial charge in [0.1, 0.15) is 12.4 Å². The van der Waals surface area contributed by atoms with Crippen molar-refractivity contribution < 1.29 is 14.3 Å². The molecule has 6 nitrogen and oxygen atoms in total. The van der Waals surface area contributed by atoms with Crippen LogP contribution in [0.4, 0.5) is 0 Å². The van der Waals surface area contributed by atoms with Gasteiger partial charge in [-0.05, 0) is 42.7 Å². The number of imidazole rings is 1. The van der Waals surface area contributed by atoms with Gasteiger partial charge in [-0.15, -0.1) is 0 Å². The Labute approximate surface area is 151 Å². The van der Waals surface area contributed by atoms with Gasteiger partial charge in [-0.1, -0.05) is 18.2 Å². The van der Waals surface area contributed by atoms with E-state index in [0.717, 1.165) is 33.7 Å². The van der Waals surface area contributed by atoms with Crippen molar-refractivity contribution in [2.75, 3.05) is 13.7 Å². The lowest BCUT2D eigenvalue weighted by atomic mass is 9.95. The summed E-state index contributed by atoms with van der Waals surface area (Å²) in [4.78, 5) is 20.2. The van der Waals surface area contributed by atoms with E-state index in [9.17, 15) is 4.79 Å². The van der Waals surface area contributed by atoms with Gasteiger partial charge in [-0.2, -0.15) is 0 Å². The smallest absolute Gasteiger partial charge is 0.227 e. The van der Waals surface area contributed by atoms with Crippen LogP contribution in [0.1, 0.15) is 17.0 Å². The van der Waals surface area contributed by atoms with Gasteiger partial charge in [-0.3, -0.25) is 4.79 Å². The molecule has 0 radical (unpaired) electrons. The lowest BCUT2D eigenvalue weighted by Gasteiger charge is -2.25. The van der Waals surface area contributed by atoms with Crippen molar-refractivity contribution in [2.45, 2.75) is 19.9 Å². The number of para-hydroxylation sites is 1. The van der Waals surface area contributed by atoms with Crippen molar-refractivity contribution in [3.05, 3.63) is 53.3 Å². The number of rotatable bonds is 4. The second kappa shape index (κ2) is 6.71. The van der Waals surface area contributed by atoms with Crippen LogP contribution in [0.3, 0.4) is 0 Å². The summed E-state index contributed by atoms with van der Waals surface area (Å²) in [7, 11) is 1.62. The molecule has 0 fully saturated rings. The Kier molecular flexibility index (Phi) is 4.24. The van der Waals surface area contributed by atoms with Gasteiger partial charge in [-0.25, -0.2) is 4.98 Å². The number of aromatic amines is 1. The summed E-state index contributed by atoms with van der Waals surface area (Å²) in [5, 5.41) is 3.02. The summed E-state index contributed by atoms with van der Waals surface area (Å²) >= 11 is 0. The Hall–Kier alpha value is -3.02. The number of aromatic nitrogens is 2. The van der Waals surface area contributed by atoms with E-state index in [1.54, 1.807) is 7.11 Å². The van der Waals surface area contributed by atoms with Gasteiger partial charge in [0.15, 0.2) is 11.5 Å². The fourth-order valence-corrected chi connectivity index (χ4v) is 3.35. The van der Waals surface area contributed by atoms with Crippen LogP contribution < -0.4 is 14.8 Å². The van der Waals surface area contributed by atoms with Crippen molar-refractivity contribution in [3.8, 4) is 11.5 Å². The average Bonchev–Trinajstić information content (AvgIpc) is 3.04. The van der Waals surface area contributed by atoms with E-state index in [0.29, 0.717) is 25.3 Å². The maximum absolute atomic E-state index is 12.6. The van der Waals surface area contributed by atoms with Gasteiger partial charge in [0.05, 0.1) is 24.1 Å². The average molecular weight is 351 g/mol. The van der Waals surface area contributed by atoms with Crippen molar-refractivity contribution >= 4 is 16.9 Å². The summed E-state index contributed by atoms with van der Waals surface area (Å²) in [5.41, 5.74) is 3.96. The molecule has 0 unspecified atom stereocenters. The minimum atomic E-state index is -0.201. The Morgan fingerprint density at radius 2 is 2.27 bits per heavy atom. The molecule has 2 aromatic carbocycles. The predicted molar refractivity (Wildman–Crippen MR) is 98.4 cm³/mol. The topological polar surface area (TPSA) is 76.2 Å². The number of fused-ring (bicyclic) bond motifs is 2. The second-order valence-corrected chi connectivity index (χ2v) is 6.55. The highest BCUT2D eigenvalue weighted by Gasteiger charge is 2.27. The summed E-state index contributed by atoms with van der Waals surface area (Å²) in [5.74, 6) is 2.14. The highest BCUT2D eigenvalue weighted by molar-refractivity contribution is 5.80. The molecule has 1 atom stereocenters. The molecule has 1 aliphatic rings. The number of H-pyrrole nitrogens is 1. The normalized spacial score (nSPS) is 16.0. The molecular formula is C20H21N3O3. The molecule has 26 heavy (non-hydrogen) atoms.